The Morgan fingerprint density at radius 3 is 2.60 bits per heavy atom. The topological polar surface area (TPSA) is 96.8 Å². The molecule has 4 rings (SSSR count). The zero-order chi connectivity index (χ0) is 21.1. The SMILES string of the molecule is Cc1ccc(CNC(=O)c2oc3c(c2C)/C(=N/NC(=O)c2ccco2)CCC3)cc1. The Labute approximate surface area is 174 Å². The zero-order valence-corrected chi connectivity index (χ0v) is 17.0. The van der Waals surface area contributed by atoms with Crippen LogP contribution in [0.2, 0.25) is 0 Å². The minimum Gasteiger partial charge on any atom is -0.459 e. The normalized spacial score (nSPS) is 14.4. The first kappa shape index (κ1) is 19.7. The van der Waals surface area contributed by atoms with E-state index in [1.54, 1.807) is 12.1 Å². The molecule has 0 saturated heterocycles. The average molecular weight is 405 g/mol. The predicted octanol–water partition coefficient (Wildman–Crippen LogP) is 3.89. The molecule has 154 valence electrons. The summed E-state index contributed by atoms with van der Waals surface area (Å²) in [7, 11) is 0. The third-order valence-corrected chi connectivity index (χ3v) is 5.14. The van der Waals surface area contributed by atoms with E-state index in [0.717, 1.165) is 35.3 Å². The lowest BCUT2D eigenvalue weighted by molar-refractivity contribution is 0.0916. The quantitative estimate of drug-likeness (QED) is 0.630. The largest absolute Gasteiger partial charge is 0.459 e. The highest BCUT2D eigenvalue weighted by Crippen LogP contribution is 2.30. The van der Waals surface area contributed by atoms with Crippen molar-refractivity contribution in [3.05, 3.63) is 82.2 Å². The van der Waals surface area contributed by atoms with Crippen LogP contribution in [0.25, 0.3) is 0 Å². The van der Waals surface area contributed by atoms with E-state index in [2.05, 4.69) is 15.8 Å². The van der Waals surface area contributed by atoms with Crippen LogP contribution in [0, 0.1) is 13.8 Å². The molecule has 7 heteroatoms. The lowest BCUT2D eigenvalue weighted by atomic mass is 9.93. The molecule has 0 saturated carbocycles. The first-order valence-corrected chi connectivity index (χ1v) is 9.89. The van der Waals surface area contributed by atoms with Crippen molar-refractivity contribution in [1.82, 2.24) is 10.7 Å². The minimum absolute atomic E-state index is 0.190. The number of hydrogen-bond acceptors (Lipinski definition) is 5. The molecule has 1 aliphatic carbocycles. The molecule has 2 N–H and O–H groups in total. The Morgan fingerprint density at radius 1 is 1.07 bits per heavy atom. The second-order valence-corrected chi connectivity index (χ2v) is 7.35. The van der Waals surface area contributed by atoms with Gasteiger partial charge in [-0.1, -0.05) is 29.8 Å². The number of hydrazone groups is 1. The van der Waals surface area contributed by atoms with Gasteiger partial charge in [-0.3, -0.25) is 9.59 Å². The molecule has 1 aromatic carbocycles. The first-order valence-electron chi connectivity index (χ1n) is 9.89. The highest BCUT2D eigenvalue weighted by Gasteiger charge is 2.28. The van der Waals surface area contributed by atoms with Gasteiger partial charge in [0.1, 0.15) is 5.76 Å². The van der Waals surface area contributed by atoms with E-state index in [9.17, 15) is 9.59 Å². The molecular formula is C23H23N3O4. The molecule has 30 heavy (non-hydrogen) atoms. The summed E-state index contributed by atoms with van der Waals surface area (Å²) in [6.45, 7) is 4.29. The van der Waals surface area contributed by atoms with Gasteiger partial charge in [-0.15, -0.1) is 0 Å². The van der Waals surface area contributed by atoms with Gasteiger partial charge < -0.3 is 14.2 Å². The van der Waals surface area contributed by atoms with Crippen LogP contribution in [-0.4, -0.2) is 17.5 Å². The van der Waals surface area contributed by atoms with Crippen molar-refractivity contribution in [3.8, 4) is 0 Å². The van der Waals surface area contributed by atoms with Crippen molar-refractivity contribution in [2.24, 2.45) is 5.10 Å². The molecule has 3 aromatic rings. The zero-order valence-electron chi connectivity index (χ0n) is 17.0. The summed E-state index contributed by atoms with van der Waals surface area (Å²) in [4.78, 5) is 24.8. The van der Waals surface area contributed by atoms with Gasteiger partial charge in [-0.25, -0.2) is 5.43 Å². The number of nitrogens with zero attached hydrogens (tertiary/aromatic N) is 1. The average Bonchev–Trinajstić information content (AvgIpc) is 3.40. The molecule has 0 radical (unpaired) electrons. The maximum Gasteiger partial charge on any atom is 0.307 e. The minimum atomic E-state index is -0.420. The Kier molecular flexibility index (Phi) is 5.52. The van der Waals surface area contributed by atoms with E-state index in [1.807, 2.05) is 38.1 Å². The Hall–Kier alpha value is -3.61. The molecule has 2 amide bonds. The number of carbonyl (C=O) groups is 2. The fourth-order valence-electron chi connectivity index (χ4n) is 3.55. The smallest absolute Gasteiger partial charge is 0.307 e. The number of benzene rings is 1. The van der Waals surface area contributed by atoms with E-state index in [4.69, 9.17) is 8.83 Å². The fraction of sp³-hybridized carbons (Fsp3) is 0.261. The van der Waals surface area contributed by atoms with Crippen molar-refractivity contribution in [2.45, 2.75) is 39.7 Å². The molecule has 1 aliphatic rings. The van der Waals surface area contributed by atoms with Gasteiger partial charge in [-0.2, -0.15) is 5.10 Å². The number of furan rings is 2. The third-order valence-electron chi connectivity index (χ3n) is 5.14. The van der Waals surface area contributed by atoms with Gasteiger partial charge in [0.05, 0.1) is 12.0 Å². The molecule has 0 atom stereocenters. The molecule has 0 aliphatic heterocycles. The van der Waals surface area contributed by atoms with Gasteiger partial charge >= 0.3 is 5.91 Å². The number of amides is 2. The molecule has 7 nitrogen and oxygen atoms in total. The first-order chi connectivity index (χ1) is 14.5. The standard InChI is InChI=1S/C23H23N3O4/c1-14-8-10-16(11-9-14)13-24-23(28)21-15(2)20-17(5-3-6-18(20)30-21)25-26-22(27)19-7-4-12-29-19/h4,7-12H,3,5-6,13H2,1-2H3,(H,24,28)(H,26,27)/b25-17+. The summed E-state index contributed by atoms with van der Waals surface area (Å²) in [6, 6.07) is 11.2. The molecule has 0 spiro atoms. The van der Waals surface area contributed by atoms with Crippen molar-refractivity contribution in [3.63, 3.8) is 0 Å². The van der Waals surface area contributed by atoms with Crippen molar-refractivity contribution < 1.29 is 18.4 Å². The number of carbonyl (C=O) groups excluding carboxylic acids is 2. The van der Waals surface area contributed by atoms with Crippen molar-refractivity contribution >= 4 is 17.5 Å². The highest BCUT2D eigenvalue weighted by molar-refractivity contribution is 6.07. The highest BCUT2D eigenvalue weighted by atomic mass is 16.4. The van der Waals surface area contributed by atoms with Crippen LogP contribution < -0.4 is 10.7 Å². The van der Waals surface area contributed by atoms with Crippen molar-refractivity contribution in [1.29, 1.82) is 0 Å². The van der Waals surface area contributed by atoms with Crippen LogP contribution in [0.1, 0.15) is 62.0 Å². The van der Waals surface area contributed by atoms with Crippen LogP contribution in [-0.2, 0) is 13.0 Å². The number of nitrogens with one attached hydrogen (secondary N) is 2. The monoisotopic (exact) mass is 405 g/mol. The summed E-state index contributed by atoms with van der Waals surface area (Å²) >= 11 is 0. The maximum atomic E-state index is 12.7. The van der Waals surface area contributed by atoms with Gasteiger partial charge in [0.15, 0.2) is 11.5 Å². The lowest BCUT2D eigenvalue weighted by Crippen LogP contribution is -2.23. The van der Waals surface area contributed by atoms with E-state index in [0.29, 0.717) is 24.4 Å². The van der Waals surface area contributed by atoms with E-state index >= 15 is 0 Å². The van der Waals surface area contributed by atoms with E-state index in [1.165, 1.54) is 11.8 Å². The summed E-state index contributed by atoms with van der Waals surface area (Å²) in [5.74, 6) is 0.526. The summed E-state index contributed by atoms with van der Waals surface area (Å²) in [6.07, 6.45) is 3.69. The number of rotatable bonds is 5. The Morgan fingerprint density at radius 2 is 1.87 bits per heavy atom. The Balaban J connectivity index is 1.50. The molecule has 0 fully saturated rings. The molecular weight excluding hydrogens is 382 g/mol. The fourth-order valence-corrected chi connectivity index (χ4v) is 3.55. The molecule has 0 bridgehead atoms. The predicted molar refractivity (Wildman–Crippen MR) is 111 cm³/mol. The number of fused-ring (bicyclic) bond motifs is 1. The Bertz CT molecular complexity index is 1090. The van der Waals surface area contributed by atoms with Crippen LogP contribution >= 0.6 is 0 Å². The van der Waals surface area contributed by atoms with Gasteiger partial charge in [0.25, 0.3) is 5.91 Å². The lowest BCUT2D eigenvalue weighted by Gasteiger charge is -2.13. The van der Waals surface area contributed by atoms with Crippen LogP contribution in [0.5, 0.6) is 0 Å². The summed E-state index contributed by atoms with van der Waals surface area (Å²) < 4.78 is 11.0. The van der Waals surface area contributed by atoms with Gasteiger partial charge in [0.2, 0.25) is 0 Å². The molecule has 2 aromatic heterocycles. The van der Waals surface area contributed by atoms with Crippen LogP contribution in [0.3, 0.4) is 0 Å². The maximum absolute atomic E-state index is 12.7. The van der Waals surface area contributed by atoms with Crippen molar-refractivity contribution in [2.75, 3.05) is 0 Å². The number of aryl methyl sites for hydroxylation is 2. The van der Waals surface area contributed by atoms with E-state index < -0.39 is 5.91 Å². The second-order valence-electron chi connectivity index (χ2n) is 7.35. The van der Waals surface area contributed by atoms with Gasteiger partial charge in [0, 0.05) is 24.1 Å². The molecule has 2 heterocycles. The summed E-state index contributed by atoms with van der Waals surface area (Å²) in [5, 5.41) is 7.19. The van der Waals surface area contributed by atoms with Crippen LogP contribution in [0.15, 0.2) is 56.6 Å². The number of hydrogen-bond donors (Lipinski definition) is 2. The molecule has 0 unspecified atom stereocenters. The third kappa shape index (κ3) is 4.05. The second kappa shape index (κ2) is 8.41. The van der Waals surface area contributed by atoms with Gasteiger partial charge in [-0.05, 0) is 44.4 Å². The van der Waals surface area contributed by atoms with E-state index in [-0.39, 0.29) is 11.7 Å². The van der Waals surface area contributed by atoms with Crippen LogP contribution in [0.4, 0.5) is 0 Å². The summed E-state index contributed by atoms with van der Waals surface area (Å²) in [5.41, 5.74) is 6.96.